The number of hydrogen-bond acceptors (Lipinski definition) is 3. The van der Waals surface area contributed by atoms with Gasteiger partial charge in [0.2, 0.25) is 5.91 Å². The molecule has 96 valence electrons. The van der Waals surface area contributed by atoms with E-state index < -0.39 is 0 Å². The summed E-state index contributed by atoms with van der Waals surface area (Å²) in [5, 5.41) is 7.72. The highest BCUT2D eigenvalue weighted by atomic mass is 35.5. The molecule has 2 aromatic rings. The topological polar surface area (TPSA) is 55.1 Å². The van der Waals surface area contributed by atoms with Crippen LogP contribution in [0, 0.1) is 5.41 Å². The Morgan fingerprint density at radius 2 is 2.17 bits per heavy atom. The summed E-state index contributed by atoms with van der Waals surface area (Å²) in [6.07, 6.45) is 0.409. The van der Waals surface area contributed by atoms with E-state index in [0.29, 0.717) is 28.2 Å². The molecule has 5 heteroatoms. The van der Waals surface area contributed by atoms with Gasteiger partial charge in [-0.1, -0.05) is 43.6 Å². The van der Waals surface area contributed by atoms with Gasteiger partial charge < -0.3 is 9.84 Å². The maximum absolute atomic E-state index is 11.8. The molecule has 1 heterocycles. The zero-order chi connectivity index (χ0) is 13.3. The number of carbonyl (C=O) groups excluding carboxylic acids is 1. The van der Waals surface area contributed by atoms with Crippen LogP contribution in [0.5, 0.6) is 0 Å². The van der Waals surface area contributed by atoms with Gasteiger partial charge in [0, 0.05) is 6.42 Å². The summed E-state index contributed by atoms with van der Waals surface area (Å²) < 4.78 is 5.11. The first-order valence-electron chi connectivity index (χ1n) is 5.70. The van der Waals surface area contributed by atoms with Crippen LogP contribution >= 0.6 is 11.6 Å². The van der Waals surface area contributed by atoms with Gasteiger partial charge in [-0.25, -0.2) is 0 Å². The van der Waals surface area contributed by atoms with E-state index in [9.17, 15) is 4.79 Å². The van der Waals surface area contributed by atoms with Crippen LogP contribution in [0.4, 0.5) is 5.82 Å². The van der Waals surface area contributed by atoms with Crippen molar-refractivity contribution in [2.24, 2.45) is 5.41 Å². The quantitative estimate of drug-likeness (QED) is 0.898. The second kappa shape index (κ2) is 4.61. The minimum Gasteiger partial charge on any atom is -0.354 e. The fourth-order valence-electron chi connectivity index (χ4n) is 1.69. The zero-order valence-corrected chi connectivity index (χ0v) is 11.3. The van der Waals surface area contributed by atoms with Crippen LogP contribution in [0.1, 0.15) is 27.2 Å². The van der Waals surface area contributed by atoms with Crippen LogP contribution < -0.4 is 5.32 Å². The van der Waals surface area contributed by atoms with Gasteiger partial charge in [0.1, 0.15) is 0 Å². The smallest absolute Gasteiger partial charge is 0.226 e. The molecule has 0 saturated carbocycles. The van der Waals surface area contributed by atoms with E-state index in [1.54, 1.807) is 18.2 Å². The van der Waals surface area contributed by atoms with Crippen molar-refractivity contribution in [2.45, 2.75) is 27.2 Å². The number of halogens is 1. The van der Waals surface area contributed by atoms with E-state index in [1.807, 2.05) is 20.8 Å². The molecular formula is C13H15ClN2O2. The van der Waals surface area contributed by atoms with Crippen LogP contribution in [0.25, 0.3) is 11.0 Å². The molecule has 0 radical (unpaired) electrons. The van der Waals surface area contributed by atoms with Crippen molar-refractivity contribution in [3.63, 3.8) is 0 Å². The number of nitrogens with one attached hydrogen (secondary N) is 1. The van der Waals surface area contributed by atoms with Gasteiger partial charge in [0.25, 0.3) is 0 Å². The molecule has 18 heavy (non-hydrogen) atoms. The molecule has 0 atom stereocenters. The highest BCUT2D eigenvalue weighted by molar-refractivity contribution is 6.36. The zero-order valence-electron chi connectivity index (χ0n) is 10.6. The first-order chi connectivity index (χ1) is 8.37. The van der Waals surface area contributed by atoms with Gasteiger partial charge in [-0.2, -0.15) is 0 Å². The average molecular weight is 267 g/mol. The second-order valence-corrected chi connectivity index (χ2v) is 5.84. The number of amides is 1. The molecule has 0 bridgehead atoms. The van der Waals surface area contributed by atoms with E-state index in [4.69, 9.17) is 16.1 Å². The highest BCUT2D eigenvalue weighted by Gasteiger charge is 2.19. The predicted molar refractivity (Wildman–Crippen MR) is 71.7 cm³/mol. The number of carbonyl (C=O) groups is 1. The lowest BCUT2D eigenvalue weighted by atomic mass is 9.92. The van der Waals surface area contributed by atoms with Crippen molar-refractivity contribution in [2.75, 3.05) is 5.32 Å². The predicted octanol–water partition coefficient (Wildman–Crippen LogP) is 3.86. The molecule has 4 nitrogen and oxygen atoms in total. The third-order valence-electron chi connectivity index (χ3n) is 2.40. The SMILES string of the molecule is CC(C)(C)CC(=O)Nc1noc2cccc(Cl)c12. The molecule has 0 fully saturated rings. The monoisotopic (exact) mass is 266 g/mol. The lowest BCUT2D eigenvalue weighted by Gasteiger charge is -2.16. The number of hydrogen-bond donors (Lipinski definition) is 1. The molecule has 2 rings (SSSR count). The summed E-state index contributed by atoms with van der Waals surface area (Å²) in [5.41, 5.74) is 0.488. The van der Waals surface area contributed by atoms with Crippen LogP contribution in [-0.2, 0) is 4.79 Å². The number of nitrogens with zero attached hydrogens (tertiary/aromatic N) is 1. The Morgan fingerprint density at radius 3 is 2.83 bits per heavy atom. The van der Waals surface area contributed by atoms with E-state index in [0.717, 1.165) is 0 Å². The number of rotatable bonds is 2. The maximum atomic E-state index is 11.8. The number of fused-ring (bicyclic) bond motifs is 1. The van der Waals surface area contributed by atoms with Crippen molar-refractivity contribution in [3.05, 3.63) is 23.2 Å². The minimum atomic E-state index is -0.0994. The number of benzene rings is 1. The molecule has 0 saturated heterocycles. The summed E-state index contributed by atoms with van der Waals surface area (Å²) >= 11 is 6.07. The molecule has 1 amide bonds. The number of aromatic nitrogens is 1. The van der Waals surface area contributed by atoms with Gasteiger partial charge in [-0.05, 0) is 17.5 Å². The van der Waals surface area contributed by atoms with E-state index in [-0.39, 0.29) is 11.3 Å². The van der Waals surface area contributed by atoms with E-state index in [1.165, 1.54) is 0 Å². The standard InChI is InChI=1S/C13H15ClN2O2/c1-13(2,3)7-10(17)15-12-11-8(14)5-4-6-9(11)18-16-12/h4-6H,7H2,1-3H3,(H,15,16,17). The van der Waals surface area contributed by atoms with Gasteiger partial charge in [-0.15, -0.1) is 0 Å². The van der Waals surface area contributed by atoms with Gasteiger partial charge in [-0.3, -0.25) is 4.79 Å². The van der Waals surface area contributed by atoms with E-state index >= 15 is 0 Å². The molecule has 1 aromatic heterocycles. The summed E-state index contributed by atoms with van der Waals surface area (Å²) in [6, 6.07) is 5.27. The number of anilines is 1. The van der Waals surface area contributed by atoms with Crippen molar-refractivity contribution >= 4 is 34.3 Å². The van der Waals surface area contributed by atoms with E-state index in [2.05, 4.69) is 10.5 Å². The first kappa shape index (κ1) is 12.9. The van der Waals surface area contributed by atoms with Crippen molar-refractivity contribution in [1.82, 2.24) is 5.16 Å². The van der Waals surface area contributed by atoms with Crippen LogP contribution in [-0.4, -0.2) is 11.1 Å². The van der Waals surface area contributed by atoms with Crippen molar-refractivity contribution < 1.29 is 9.32 Å². The lowest BCUT2D eigenvalue weighted by molar-refractivity contribution is -0.117. The molecule has 1 N–H and O–H groups in total. The maximum Gasteiger partial charge on any atom is 0.226 e. The van der Waals surface area contributed by atoms with Crippen molar-refractivity contribution in [3.8, 4) is 0 Å². The van der Waals surface area contributed by atoms with Gasteiger partial charge >= 0.3 is 0 Å². The normalized spacial score (nSPS) is 11.8. The van der Waals surface area contributed by atoms with Crippen LogP contribution in [0.3, 0.4) is 0 Å². The third kappa shape index (κ3) is 2.82. The summed E-state index contributed by atoms with van der Waals surface area (Å²) in [6.45, 7) is 6.00. The Morgan fingerprint density at radius 1 is 1.44 bits per heavy atom. The molecule has 0 unspecified atom stereocenters. The Labute approximate surface area is 110 Å². The van der Waals surface area contributed by atoms with Crippen LogP contribution in [0.2, 0.25) is 5.02 Å². The summed E-state index contributed by atoms with van der Waals surface area (Å²) in [4.78, 5) is 11.8. The Hall–Kier alpha value is -1.55. The molecular weight excluding hydrogens is 252 g/mol. The van der Waals surface area contributed by atoms with Crippen LogP contribution in [0.15, 0.2) is 22.7 Å². The molecule has 0 aliphatic carbocycles. The summed E-state index contributed by atoms with van der Waals surface area (Å²) in [7, 11) is 0. The third-order valence-corrected chi connectivity index (χ3v) is 2.71. The summed E-state index contributed by atoms with van der Waals surface area (Å²) in [5.74, 6) is 0.280. The molecule has 0 aliphatic rings. The van der Waals surface area contributed by atoms with Crippen molar-refractivity contribution in [1.29, 1.82) is 0 Å². The molecule has 0 spiro atoms. The largest absolute Gasteiger partial charge is 0.354 e. The average Bonchev–Trinajstić information content (AvgIpc) is 2.59. The molecule has 1 aromatic carbocycles. The van der Waals surface area contributed by atoms with Gasteiger partial charge in [0.15, 0.2) is 11.4 Å². The fraction of sp³-hybridized carbons (Fsp3) is 0.385. The highest BCUT2D eigenvalue weighted by Crippen LogP contribution is 2.30. The first-order valence-corrected chi connectivity index (χ1v) is 6.08. The Bertz CT molecular complexity index is 584. The Balaban J connectivity index is 2.25. The molecule has 0 aliphatic heterocycles. The van der Waals surface area contributed by atoms with Gasteiger partial charge in [0.05, 0.1) is 10.4 Å². The minimum absolute atomic E-state index is 0.0760. The lowest BCUT2D eigenvalue weighted by Crippen LogP contribution is -2.19. The fourth-order valence-corrected chi connectivity index (χ4v) is 1.95. The Kier molecular flexibility index (Phi) is 3.30. The second-order valence-electron chi connectivity index (χ2n) is 5.43.